The molecule has 112 valence electrons. The minimum absolute atomic E-state index is 0.450. The van der Waals surface area contributed by atoms with Gasteiger partial charge in [-0.05, 0) is 42.5 Å². The van der Waals surface area contributed by atoms with Gasteiger partial charge in [0.15, 0.2) is 10.8 Å². The van der Waals surface area contributed by atoms with Gasteiger partial charge in [0.25, 0.3) is 0 Å². The summed E-state index contributed by atoms with van der Waals surface area (Å²) in [5, 5.41) is 1.55. The van der Waals surface area contributed by atoms with Gasteiger partial charge in [-0.2, -0.15) is 0 Å². The van der Waals surface area contributed by atoms with Crippen LogP contribution in [0.1, 0.15) is 5.56 Å². The Bertz CT molecular complexity index is 851. The Morgan fingerprint density at radius 3 is 2.68 bits per heavy atom. The minimum atomic E-state index is 0.450. The molecule has 5 nitrogen and oxygen atoms in total. The van der Waals surface area contributed by atoms with Crippen molar-refractivity contribution in [2.24, 2.45) is 0 Å². The third kappa shape index (κ3) is 2.69. The van der Waals surface area contributed by atoms with Gasteiger partial charge in [0.05, 0.1) is 7.11 Å². The minimum Gasteiger partial charge on any atom is -0.497 e. The molecular weight excluding hydrogens is 296 g/mol. The lowest BCUT2D eigenvalue weighted by Gasteiger charge is -2.10. The molecular formula is C16H16N4OS. The number of nitrogens with two attached hydrogens (primary N) is 1. The highest BCUT2D eigenvalue weighted by atomic mass is 32.2. The van der Waals surface area contributed by atoms with Crippen LogP contribution in [-0.2, 0) is 0 Å². The van der Waals surface area contributed by atoms with Crippen molar-refractivity contribution >= 4 is 28.6 Å². The smallest absolute Gasteiger partial charge is 0.189 e. The molecule has 0 radical (unpaired) electrons. The van der Waals surface area contributed by atoms with Crippen LogP contribution in [0, 0.1) is 6.92 Å². The number of nitrogen functional groups attached to an aromatic ring is 1. The molecule has 0 aliphatic heterocycles. The van der Waals surface area contributed by atoms with Crippen LogP contribution in [0.5, 0.6) is 5.75 Å². The number of hydrogen-bond donors (Lipinski definition) is 1. The summed E-state index contributed by atoms with van der Waals surface area (Å²) in [5.74, 6) is 1.24. The largest absolute Gasteiger partial charge is 0.497 e. The Morgan fingerprint density at radius 1 is 1.14 bits per heavy atom. The highest BCUT2D eigenvalue weighted by Crippen LogP contribution is 2.31. The van der Waals surface area contributed by atoms with Crippen LogP contribution in [0.3, 0.4) is 0 Å². The highest BCUT2D eigenvalue weighted by molar-refractivity contribution is 7.98. The molecule has 3 aromatic rings. The monoisotopic (exact) mass is 312 g/mol. The Labute approximate surface area is 133 Å². The fraction of sp³-hybridized carbons (Fsp3) is 0.188. The van der Waals surface area contributed by atoms with E-state index >= 15 is 0 Å². The summed E-state index contributed by atoms with van der Waals surface area (Å²) in [4.78, 5) is 13.1. The predicted molar refractivity (Wildman–Crippen MR) is 90.3 cm³/mol. The summed E-state index contributed by atoms with van der Waals surface area (Å²) in [7, 11) is 1.65. The first-order valence-electron chi connectivity index (χ1n) is 6.74. The zero-order valence-electron chi connectivity index (χ0n) is 12.6. The molecule has 2 N–H and O–H groups in total. The summed E-state index contributed by atoms with van der Waals surface area (Å²) in [5.41, 5.74) is 9.67. The number of fused-ring (bicyclic) bond motifs is 1. The van der Waals surface area contributed by atoms with Crippen molar-refractivity contribution in [1.29, 1.82) is 0 Å². The molecule has 0 atom stereocenters. The number of hydrogen-bond acceptors (Lipinski definition) is 6. The van der Waals surface area contributed by atoms with E-state index in [0.717, 1.165) is 27.8 Å². The summed E-state index contributed by atoms with van der Waals surface area (Å²) in [6.45, 7) is 2.02. The second-order valence-electron chi connectivity index (χ2n) is 4.93. The Morgan fingerprint density at radius 2 is 1.95 bits per heavy atom. The zero-order valence-corrected chi connectivity index (χ0v) is 13.4. The van der Waals surface area contributed by atoms with Gasteiger partial charge in [0, 0.05) is 17.1 Å². The second kappa shape index (κ2) is 5.81. The summed E-state index contributed by atoms with van der Waals surface area (Å²) < 4.78 is 5.33. The van der Waals surface area contributed by atoms with E-state index in [2.05, 4.69) is 21.0 Å². The molecule has 0 unspecified atom stereocenters. The summed E-state index contributed by atoms with van der Waals surface area (Å²) in [6.07, 6.45) is 3.70. The van der Waals surface area contributed by atoms with E-state index in [4.69, 9.17) is 10.5 Å². The van der Waals surface area contributed by atoms with Gasteiger partial charge in [0.2, 0.25) is 0 Å². The van der Waals surface area contributed by atoms with Gasteiger partial charge < -0.3 is 10.5 Å². The van der Waals surface area contributed by atoms with Crippen LogP contribution in [0.4, 0.5) is 5.82 Å². The van der Waals surface area contributed by atoms with E-state index in [0.29, 0.717) is 16.6 Å². The van der Waals surface area contributed by atoms with Crippen molar-refractivity contribution in [2.45, 2.75) is 12.1 Å². The van der Waals surface area contributed by atoms with Crippen molar-refractivity contribution < 1.29 is 4.74 Å². The molecule has 3 rings (SSSR count). The van der Waals surface area contributed by atoms with Crippen molar-refractivity contribution in [1.82, 2.24) is 15.0 Å². The number of anilines is 1. The lowest BCUT2D eigenvalue weighted by Crippen LogP contribution is -1.98. The van der Waals surface area contributed by atoms with E-state index in [1.807, 2.05) is 31.4 Å². The molecule has 22 heavy (non-hydrogen) atoms. The molecule has 2 aromatic heterocycles. The number of nitrogens with zero attached hydrogens (tertiary/aromatic N) is 3. The molecule has 2 heterocycles. The van der Waals surface area contributed by atoms with Crippen LogP contribution in [0.15, 0.2) is 35.6 Å². The highest BCUT2D eigenvalue weighted by Gasteiger charge is 2.10. The molecule has 0 saturated heterocycles. The van der Waals surface area contributed by atoms with E-state index in [1.54, 1.807) is 13.3 Å². The zero-order chi connectivity index (χ0) is 15.7. The SMILES string of the molecule is COc1cc(C)cc(-c2cc3cnc(SC)nc3nc2N)c1. The number of rotatable bonds is 3. The van der Waals surface area contributed by atoms with Crippen LogP contribution in [0.2, 0.25) is 0 Å². The number of methoxy groups -OCH3 is 1. The maximum atomic E-state index is 6.13. The molecule has 0 aliphatic rings. The first kappa shape index (κ1) is 14.6. The van der Waals surface area contributed by atoms with Gasteiger partial charge in [-0.1, -0.05) is 17.8 Å². The molecule has 0 fully saturated rings. The number of pyridine rings is 1. The maximum Gasteiger partial charge on any atom is 0.189 e. The van der Waals surface area contributed by atoms with Crippen LogP contribution >= 0.6 is 11.8 Å². The fourth-order valence-electron chi connectivity index (χ4n) is 2.31. The van der Waals surface area contributed by atoms with Gasteiger partial charge >= 0.3 is 0 Å². The molecule has 0 aliphatic carbocycles. The number of thioether (sulfide) groups is 1. The van der Waals surface area contributed by atoms with Gasteiger partial charge in [0.1, 0.15) is 11.6 Å². The lowest BCUT2D eigenvalue weighted by atomic mass is 10.0. The first-order valence-corrected chi connectivity index (χ1v) is 7.96. The van der Waals surface area contributed by atoms with Crippen LogP contribution in [-0.4, -0.2) is 28.3 Å². The number of aromatic nitrogens is 3. The number of benzene rings is 1. The third-order valence-electron chi connectivity index (χ3n) is 3.36. The van der Waals surface area contributed by atoms with Crippen molar-refractivity contribution in [3.8, 4) is 16.9 Å². The molecule has 6 heteroatoms. The number of aryl methyl sites for hydroxylation is 1. The summed E-state index contributed by atoms with van der Waals surface area (Å²) in [6, 6.07) is 7.94. The standard InChI is InChI=1S/C16H16N4OS/c1-9-4-10(6-12(5-9)21-2)13-7-11-8-18-16(22-3)20-15(11)19-14(13)17/h4-8H,1-3H3,(H2,17,18,19,20). The molecule has 0 bridgehead atoms. The second-order valence-corrected chi connectivity index (χ2v) is 5.70. The van der Waals surface area contributed by atoms with Gasteiger partial charge in [-0.3, -0.25) is 0 Å². The fourth-order valence-corrected chi connectivity index (χ4v) is 2.65. The van der Waals surface area contributed by atoms with E-state index in [9.17, 15) is 0 Å². The molecule has 1 aromatic carbocycles. The number of ether oxygens (including phenoxy) is 1. The Hall–Kier alpha value is -2.34. The lowest BCUT2D eigenvalue weighted by molar-refractivity contribution is 0.414. The van der Waals surface area contributed by atoms with E-state index in [-0.39, 0.29) is 0 Å². The van der Waals surface area contributed by atoms with Crippen molar-refractivity contribution in [2.75, 3.05) is 19.1 Å². The van der Waals surface area contributed by atoms with Crippen molar-refractivity contribution in [3.63, 3.8) is 0 Å². The van der Waals surface area contributed by atoms with Gasteiger partial charge in [-0.25, -0.2) is 15.0 Å². The molecule has 0 amide bonds. The maximum absolute atomic E-state index is 6.13. The van der Waals surface area contributed by atoms with Crippen LogP contribution < -0.4 is 10.5 Å². The normalized spacial score (nSPS) is 10.9. The van der Waals surface area contributed by atoms with Crippen LogP contribution in [0.25, 0.3) is 22.2 Å². The van der Waals surface area contributed by atoms with Gasteiger partial charge in [-0.15, -0.1) is 0 Å². The van der Waals surface area contributed by atoms with E-state index in [1.165, 1.54) is 11.8 Å². The topological polar surface area (TPSA) is 73.9 Å². The molecule has 0 saturated carbocycles. The predicted octanol–water partition coefficient (Wildman–Crippen LogP) is 3.31. The average Bonchev–Trinajstić information content (AvgIpc) is 2.52. The Kier molecular flexibility index (Phi) is 3.85. The Balaban J connectivity index is 2.18. The quantitative estimate of drug-likeness (QED) is 0.591. The first-order chi connectivity index (χ1) is 10.6. The summed E-state index contributed by atoms with van der Waals surface area (Å²) >= 11 is 1.48. The van der Waals surface area contributed by atoms with E-state index < -0.39 is 0 Å². The molecule has 0 spiro atoms. The van der Waals surface area contributed by atoms with Crippen molar-refractivity contribution in [3.05, 3.63) is 36.0 Å². The third-order valence-corrected chi connectivity index (χ3v) is 3.92. The average molecular weight is 312 g/mol.